The highest BCUT2D eigenvalue weighted by Gasteiger charge is 2.14. The minimum atomic E-state index is 0.0511. The van der Waals surface area contributed by atoms with Crippen molar-refractivity contribution in [1.29, 1.82) is 0 Å². The molecule has 4 nitrogen and oxygen atoms in total. The van der Waals surface area contributed by atoms with Crippen molar-refractivity contribution in [2.24, 2.45) is 0 Å². The second kappa shape index (κ2) is 7.90. The summed E-state index contributed by atoms with van der Waals surface area (Å²) in [6, 6.07) is 6.64. The fraction of sp³-hybridized carbons (Fsp3) is 0.474. The molecule has 130 valence electrons. The van der Waals surface area contributed by atoms with Crippen LogP contribution in [0, 0.1) is 20.8 Å². The number of nitrogens with zero attached hydrogens (tertiary/aromatic N) is 2. The molecule has 5 heteroatoms. The molecule has 0 spiro atoms. The summed E-state index contributed by atoms with van der Waals surface area (Å²) in [6.07, 6.45) is 0. The van der Waals surface area contributed by atoms with Gasteiger partial charge in [-0.15, -0.1) is 11.3 Å². The van der Waals surface area contributed by atoms with Crippen molar-refractivity contribution in [1.82, 2.24) is 15.2 Å². The number of carbonyl (C=O) groups is 1. The number of benzene rings is 1. The molecule has 0 unspecified atom stereocenters. The molecular formula is C19H27N3OS. The Kier molecular flexibility index (Phi) is 6.13. The van der Waals surface area contributed by atoms with Gasteiger partial charge in [0, 0.05) is 16.5 Å². The summed E-state index contributed by atoms with van der Waals surface area (Å²) in [5, 5.41) is 3.96. The highest BCUT2D eigenvalue weighted by molar-refractivity contribution is 7.12. The number of rotatable bonds is 6. The molecule has 0 bridgehead atoms. The van der Waals surface area contributed by atoms with Crippen molar-refractivity contribution in [2.45, 2.75) is 47.2 Å². The van der Waals surface area contributed by atoms with Gasteiger partial charge in [-0.05, 0) is 58.9 Å². The molecule has 0 saturated carbocycles. The molecule has 1 heterocycles. The Labute approximate surface area is 148 Å². The molecule has 0 atom stereocenters. The largest absolute Gasteiger partial charge is 0.353 e. The summed E-state index contributed by atoms with van der Waals surface area (Å²) in [4.78, 5) is 19.9. The minimum absolute atomic E-state index is 0.0511. The van der Waals surface area contributed by atoms with E-state index in [4.69, 9.17) is 4.98 Å². The van der Waals surface area contributed by atoms with Crippen molar-refractivity contribution in [2.75, 3.05) is 13.6 Å². The van der Waals surface area contributed by atoms with Crippen LogP contribution < -0.4 is 5.32 Å². The normalized spacial score (nSPS) is 11.3. The summed E-state index contributed by atoms with van der Waals surface area (Å²) in [6.45, 7) is 11.4. The number of thiazole rings is 1. The SMILES string of the molecule is Cc1ccc(-c2nc(CN(C)CC(=O)NC(C)C)sc2C)cc1C. The van der Waals surface area contributed by atoms with Gasteiger partial charge < -0.3 is 5.32 Å². The number of aryl methyl sites for hydroxylation is 3. The molecule has 2 rings (SSSR count). The number of hydrogen-bond donors (Lipinski definition) is 1. The number of carbonyl (C=O) groups excluding carboxylic acids is 1. The van der Waals surface area contributed by atoms with E-state index in [1.807, 2.05) is 25.8 Å². The Morgan fingerprint density at radius 2 is 1.96 bits per heavy atom. The number of hydrogen-bond acceptors (Lipinski definition) is 4. The second-order valence-electron chi connectivity index (χ2n) is 6.71. The summed E-state index contributed by atoms with van der Waals surface area (Å²) in [7, 11) is 1.95. The van der Waals surface area contributed by atoms with Gasteiger partial charge >= 0.3 is 0 Å². The van der Waals surface area contributed by atoms with E-state index in [0.29, 0.717) is 13.1 Å². The smallest absolute Gasteiger partial charge is 0.234 e. The van der Waals surface area contributed by atoms with Gasteiger partial charge in [0.15, 0.2) is 0 Å². The van der Waals surface area contributed by atoms with E-state index in [1.165, 1.54) is 21.6 Å². The van der Waals surface area contributed by atoms with Gasteiger partial charge in [0.2, 0.25) is 5.91 Å². The Bertz CT molecular complexity index is 721. The molecule has 0 aliphatic rings. The lowest BCUT2D eigenvalue weighted by molar-refractivity contribution is -0.122. The quantitative estimate of drug-likeness (QED) is 0.868. The van der Waals surface area contributed by atoms with Crippen LogP contribution in [-0.2, 0) is 11.3 Å². The van der Waals surface area contributed by atoms with Crippen molar-refractivity contribution in [3.8, 4) is 11.3 Å². The minimum Gasteiger partial charge on any atom is -0.353 e. The lowest BCUT2D eigenvalue weighted by Crippen LogP contribution is -2.38. The maximum Gasteiger partial charge on any atom is 0.234 e. The third kappa shape index (κ3) is 4.89. The zero-order chi connectivity index (χ0) is 17.9. The molecule has 1 N–H and O–H groups in total. The molecule has 1 aromatic heterocycles. The average molecular weight is 346 g/mol. The number of aromatic nitrogens is 1. The third-order valence-electron chi connectivity index (χ3n) is 3.89. The van der Waals surface area contributed by atoms with E-state index < -0.39 is 0 Å². The van der Waals surface area contributed by atoms with Gasteiger partial charge in [0.05, 0.1) is 18.8 Å². The number of amides is 1. The first kappa shape index (κ1) is 18.6. The molecule has 0 radical (unpaired) electrons. The van der Waals surface area contributed by atoms with Gasteiger partial charge in [-0.1, -0.05) is 12.1 Å². The van der Waals surface area contributed by atoms with E-state index in [2.05, 4.69) is 44.3 Å². The van der Waals surface area contributed by atoms with Gasteiger partial charge in [0.1, 0.15) is 5.01 Å². The van der Waals surface area contributed by atoms with Crippen LogP contribution >= 0.6 is 11.3 Å². The fourth-order valence-corrected chi connectivity index (χ4v) is 3.61. The first-order valence-electron chi connectivity index (χ1n) is 8.28. The van der Waals surface area contributed by atoms with Gasteiger partial charge in [-0.2, -0.15) is 0 Å². The van der Waals surface area contributed by atoms with E-state index in [-0.39, 0.29) is 11.9 Å². The summed E-state index contributed by atoms with van der Waals surface area (Å²) in [5.74, 6) is 0.0511. The van der Waals surface area contributed by atoms with Crippen molar-refractivity contribution < 1.29 is 4.79 Å². The van der Waals surface area contributed by atoms with Crippen LogP contribution in [0.3, 0.4) is 0 Å². The van der Waals surface area contributed by atoms with Crippen molar-refractivity contribution in [3.63, 3.8) is 0 Å². The molecule has 1 amide bonds. The maximum atomic E-state index is 11.8. The van der Waals surface area contributed by atoms with Gasteiger partial charge in [-0.3, -0.25) is 9.69 Å². The predicted molar refractivity (Wildman–Crippen MR) is 101 cm³/mol. The summed E-state index contributed by atoms with van der Waals surface area (Å²) < 4.78 is 0. The molecule has 0 fully saturated rings. The van der Waals surface area contributed by atoms with Crippen LogP contribution in [-0.4, -0.2) is 35.4 Å². The second-order valence-corrected chi connectivity index (χ2v) is 7.99. The molecule has 0 aliphatic heterocycles. The fourth-order valence-electron chi connectivity index (χ4n) is 2.58. The van der Waals surface area contributed by atoms with Crippen LogP contribution in [0.5, 0.6) is 0 Å². The zero-order valence-electron chi connectivity index (χ0n) is 15.4. The Balaban J connectivity index is 2.08. The third-order valence-corrected chi connectivity index (χ3v) is 4.85. The summed E-state index contributed by atoms with van der Waals surface area (Å²) in [5.41, 5.74) is 4.79. The Morgan fingerprint density at radius 1 is 1.25 bits per heavy atom. The van der Waals surface area contributed by atoms with E-state index in [0.717, 1.165) is 10.7 Å². The topological polar surface area (TPSA) is 45.2 Å². The van der Waals surface area contributed by atoms with Crippen LogP contribution in [0.4, 0.5) is 0 Å². The van der Waals surface area contributed by atoms with Gasteiger partial charge in [0.25, 0.3) is 0 Å². The number of nitrogens with one attached hydrogen (secondary N) is 1. The highest BCUT2D eigenvalue weighted by Crippen LogP contribution is 2.29. The van der Waals surface area contributed by atoms with E-state index in [9.17, 15) is 4.79 Å². The van der Waals surface area contributed by atoms with Crippen LogP contribution in [0.25, 0.3) is 11.3 Å². The predicted octanol–water partition coefficient (Wildman–Crippen LogP) is 3.69. The Morgan fingerprint density at radius 3 is 2.58 bits per heavy atom. The number of likely N-dealkylation sites (N-methyl/N-ethyl adjacent to an activating group) is 1. The van der Waals surface area contributed by atoms with Crippen LogP contribution in [0.1, 0.15) is 34.9 Å². The Hall–Kier alpha value is -1.72. The summed E-state index contributed by atoms with van der Waals surface area (Å²) >= 11 is 1.70. The van der Waals surface area contributed by atoms with Crippen LogP contribution in [0.2, 0.25) is 0 Å². The lowest BCUT2D eigenvalue weighted by Gasteiger charge is -2.16. The molecule has 0 saturated heterocycles. The maximum absolute atomic E-state index is 11.8. The van der Waals surface area contributed by atoms with Crippen LogP contribution in [0.15, 0.2) is 18.2 Å². The highest BCUT2D eigenvalue weighted by atomic mass is 32.1. The van der Waals surface area contributed by atoms with E-state index >= 15 is 0 Å². The monoisotopic (exact) mass is 345 g/mol. The molecule has 0 aliphatic carbocycles. The molecular weight excluding hydrogens is 318 g/mol. The first-order valence-corrected chi connectivity index (χ1v) is 9.09. The average Bonchev–Trinajstić information content (AvgIpc) is 2.81. The van der Waals surface area contributed by atoms with Crippen molar-refractivity contribution >= 4 is 17.2 Å². The van der Waals surface area contributed by atoms with E-state index in [1.54, 1.807) is 11.3 Å². The van der Waals surface area contributed by atoms with Gasteiger partial charge in [-0.25, -0.2) is 4.98 Å². The molecule has 24 heavy (non-hydrogen) atoms. The molecule has 2 aromatic rings. The molecule has 1 aromatic carbocycles. The standard InChI is InChI=1S/C19H27N3OS/c1-12(2)20-17(23)10-22(6)11-18-21-19(15(5)24-18)16-8-7-13(3)14(4)9-16/h7-9,12H,10-11H2,1-6H3,(H,20,23). The zero-order valence-corrected chi connectivity index (χ0v) is 16.3. The first-order chi connectivity index (χ1) is 11.3. The lowest BCUT2D eigenvalue weighted by atomic mass is 10.0. The van der Waals surface area contributed by atoms with Crippen molar-refractivity contribution in [3.05, 3.63) is 39.2 Å².